The number of hydrogen-bond donors (Lipinski definition) is 3. The van der Waals surface area contributed by atoms with Crippen molar-refractivity contribution in [2.45, 2.75) is 19.5 Å². The maximum atomic E-state index is 11.7. The molecule has 4 N–H and O–H groups in total. The number of nitrogens with two attached hydrogens (primary N) is 1. The highest BCUT2D eigenvalue weighted by Gasteiger charge is 2.24. The van der Waals surface area contributed by atoms with E-state index in [1.165, 1.54) is 6.92 Å². The second-order valence-electron chi connectivity index (χ2n) is 3.74. The molecule has 1 unspecified atom stereocenters. The third-order valence-corrected chi connectivity index (χ3v) is 2.20. The molecule has 1 aromatic rings. The molecule has 0 spiro atoms. The molecule has 0 bridgehead atoms. The van der Waals surface area contributed by atoms with Gasteiger partial charge in [-0.2, -0.15) is 0 Å². The summed E-state index contributed by atoms with van der Waals surface area (Å²) in [4.78, 5) is 33.5. The van der Waals surface area contributed by atoms with Gasteiger partial charge in [0.25, 0.3) is 5.91 Å². The van der Waals surface area contributed by atoms with Crippen molar-refractivity contribution in [3.63, 3.8) is 0 Å². The summed E-state index contributed by atoms with van der Waals surface area (Å²) in [5.41, 5.74) is 5.93. The van der Waals surface area contributed by atoms with Crippen LogP contribution in [0.5, 0.6) is 0 Å². The van der Waals surface area contributed by atoms with E-state index in [9.17, 15) is 14.4 Å². The summed E-state index contributed by atoms with van der Waals surface area (Å²) >= 11 is 0. The van der Waals surface area contributed by atoms with Crippen molar-refractivity contribution in [3.8, 4) is 0 Å². The maximum Gasteiger partial charge on any atom is 0.252 e. The predicted octanol–water partition coefficient (Wildman–Crippen LogP) is -0.707. The number of nitrogens with one attached hydrogen (secondary N) is 2. The fourth-order valence-electron chi connectivity index (χ4n) is 1.36. The average Bonchev–Trinajstić information content (AvgIpc) is 2.34. The maximum absolute atomic E-state index is 11.7. The first kappa shape index (κ1) is 13.7. The number of rotatable bonds is 5. The first-order chi connectivity index (χ1) is 8.50. The van der Waals surface area contributed by atoms with Crippen LogP contribution in [-0.4, -0.2) is 23.8 Å². The Kier molecular flexibility index (Phi) is 4.86. The molecule has 6 nitrogen and oxygen atoms in total. The fourth-order valence-corrected chi connectivity index (χ4v) is 1.36. The van der Waals surface area contributed by atoms with Crippen molar-refractivity contribution in [2.75, 3.05) is 0 Å². The molecule has 0 aromatic heterocycles. The predicted molar refractivity (Wildman–Crippen MR) is 65.1 cm³/mol. The quantitative estimate of drug-likeness (QED) is 0.601. The van der Waals surface area contributed by atoms with Crippen LogP contribution in [0.4, 0.5) is 0 Å². The first-order valence-electron chi connectivity index (χ1n) is 5.38. The summed E-state index contributed by atoms with van der Waals surface area (Å²) in [6.07, 6.45) is 0. The molecular weight excluding hydrogens is 234 g/mol. The van der Waals surface area contributed by atoms with Gasteiger partial charge < -0.3 is 16.4 Å². The van der Waals surface area contributed by atoms with Crippen LogP contribution in [0.1, 0.15) is 12.5 Å². The Morgan fingerprint density at radius 3 is 2.33 bits per heavy atom. The van der Waals surface area contributed by atoms with E-state index in [1.54, 1.807) is 0 Å². The molecule has 0 heterocycles. The summed E-state index contributed by atoms with van der Waals surface area (Å²) in [6.45, 7) is 1.48. The molecule has 96 valence electrons. The van der Waals surface area contributed by atoms with Crippen molar-refractivity contribution in [1.82, 2.24) is 10.6 Å². The molecule has 6 heteroatoms. The number of hydrogen-bond acceptors (Lipinski definition) is 3. The van der Waals surface area contributed by atoms with Gasteiger partial charge in [0.1, 0.15) is 0 Å². The Labute approximate surface area is 105 Å². The molecule has 18 heavy (non-hydrogen) atoms. The lowest BCUT2D eigenvalue weighted by Crippen LogP contribution is -2.53. The van der Waals surface area contributed by atoms with Crippen LogP contribution < -0.4 is 16.4 Å². The van der Waals surface area contributed by atoms with Gasteiger partial charge in [-0.3, -0.25) is 14.4 Å². The van der Waals surface area contributed by atoms with Gasteiger partial charge in [-0.15, -0.1) is 0 Å². The van der Waals surface area contributed by atoms with Gasteiger partial charge in [-0.25, -0.2) is 0 Å². The van der Waals surface area contributed by atoms with Crippen molar-refractivity contribution in [2.24, 2.45) is 5.73 Å². The largest absolute Gasteiger partial charge is 0.367 e. The van der Waals surface area contributed by atoms with Gasteiger partial charge in [0, 0.05) is 13.5 Å². The minimum atomic E-state index is -1.34. The van der Waals surface area contributed by atoms with Gasteiger partial charge in [0.2, 0.25) is 11.8 Å². The van der Waals surface area contributed by atoms with Gasteiger partial charge >= 0.3 is 0 Å². The molecule has 1 aromatic carbocycles. The Bertz CT molecular complexity index is 445. The van der Waals surface area contributed by atoms with Crippen LogP contribution in [-0.2, 0) is 20.9 Å². The molecule has 0 fully saturated rings. The molecule has 1 atom stereocenters. The Hall–Kier alpha value is -2.37. The molecule has 0 aliphatic heterocycles. The molecule has 0 aliphatic carbocycles. The SMILES string of the molecule is CC(=O)NC(C(N)=O)C(=O)NCc1ccccc1. The third-order valence-electron chi connectivity index (χ3n) is 2.20. The standard InChI is InChI=1S/C12H15N3O3/c1-8(16)15-10(11(13)17)12(18)14-7-9-5-3-2-4-6-9/h2-6,10H,7H2,1H3,(H2,13,17)(H,14,18)(H,15,16). The summed E-state index contributed by atoms with van der Waals surface area (Å²) < 4.78 is 0. The van der Waals surface area contributed by atoms with Gasteiger partial charge in [-0.05, 0) is 5.56 Å². The Balaban J connectivity index is 2.57. The van der Waals surface area contributed by atoms with E-state index in [0.717, 1.165) is 5.56 Å². The Morgan fingerprint density at radius 2 is 1.83 bits per heavy atom. The second kappa shape index (κ2) is 6.39. The molecule has 0 radical (unpaired) electrons. The highest BCUT2D eigenvalue weighted by atomic mass is 16.2. The zero-order valence-corrected chi connectivity index (χ0v) is 9.97. The zero-order valence-electron chi connectivity index (χ0n) is 9.97. The summed E-state index contributed by atoms with van der Waals surface area (Å²) in [6, 6.07) is 7.85. The van der Waals surface area contributed by atoms with Crippen molar-refractivity contribution in [3.05, 3.63) is 35.9 Å². The van der Waals surface area contributed by atoms with E-state index in [4.69, 9.17) is 5.73 Å². The molecule has 3 amide bonds. The molecule has 0 aliphatic rings. The lowest BCUT2D eigenvalue weighted by Gasteiger charge is -2.14. The van der Waals surface area contributed by atoms with Crippen molar-refractivity contribution in [1.29, 1.82) is 0 Å². The topological polar surface area (TPSA) is 101 Å². The normalized spacial score (nSPS) is 11.4. The van der Waals surface area contributed by atoms with E-state index in [2.05, 4.69) is 10.6 Å². The fraction of sp³-hybridized carbons (Fsp3) is 0.250. The highest BCUT2D eigenvalue weighted by Crippen LogP contribution is 1.97. The van der Waals surface area contributed by atoms with Crippen molar-refractivity contribution < 1.29 is 14.4 Å². The number of carbonyl (C=O) groups excluding carboxylic acids is 3. The van der Waals surface area contributed by atoms with E-state index in [0.29, 0.717) is 0 Å². The van der Waals surface area contributed by atoms with E-state index >= 15 is 0 Å². The number of carbonyl (C=O) groups is 3. The number of benzene rings is 1. The van der Waals surface area contributed by atoms with Crippen LogP contribution >= 0.6 is 0 Å². The minimum Gasteiger partial charge on any atom is -0.367 e. The van der Waals surface area contributed by atoms with Crippen LogP contribution in [0.2, 0.25) is 0 Å². The molecular formula is C12H15N3O3. The number of primary amides is 1. The van der Waals surface area contributed by atoms with Gasteiger partial charge in [0.05, 0.1) is 0 Å². The van der Waals surface area contributed by atoms with Crippen LogP contribution in [0.25, 0.3) is 0 Å². The monoisotopic (exact) mass is 249 g/mol. The van der Waals surface area contributed by atoms with E-state index in [-0.39, 0.29) is 6.54 Å². The van der Waals surface area contributed by atoms with E-state index < -0.39 is 23.8 Å². The average molecular weight is 249 g/mol. The smallest absolute Gasteiger partial charge is 0.252 e. The zero-order chi connectivity index (χ0) is 13.5. The van der Waals surface area contributed by atoms with Crippen molar-refractivity contribution >= 4 is 17.7 Å². The molecule has 0 saturated heterocycles. The minimum absolute atomic E-state index is 0.267. The van der Waals surface area contributed by atoms with Crippen LogP contribution in [0, 0.1) is 0 Å². The lowest BCUT2D eigenvalue weighted by molar-refractivity contribution is -0.134. The highest BCUT2D eigenvalue weighted by molar-refractivity contribution is 6.06. The van der Waals surface area contributed by atoms with Crippen LogP contribution in [0.3, 0.4) is 0 Å². The third kappa shape index (κ3) is 4.25. The van der Waals surface area contributed by atoms with E-state index in [1.807, 2.05) is 30.3 Å². The Morgan fingerprint density at radius 1 is 1.22 bits per heavy atom. The van der Waals surface area contributed by atoms with Gasteiger partial charge in [-0.1, -0.05) is 30.3 Å². The lowest BCUT2D eigenvalue weighted by atomic mass is 10.2. The second-order valence-corrected chi connectivity index (χ2v) is 3.74. The summed E-state index contributed by atoms with van der Waals surface area (Å²) in [5, 5.41) is 4.72. The summed E-state index contributed by atoms with van der Waals surface area (Å²) in [5.74, 6) is -2.01. The van der Waals surface area contributed by atoms with Gasteiger partial charge in [0.15, 0.2) is 6.04 Å². The number of amides is 3. The van der Waals surface area contributed by atoms with Crippen LogP contribution in [0.15, 0.2) is 30.3 Å². The molecule has 1 rings (SSSR count). The first-order valence-corrected chi connectivity index (χ1v) is 5.38. The summed E-state index contributed by atoms with van der Waals surface area (Å²) in [7, 11) is 0. The molecule has 0 saturated carbocycles.